The summed E-state index contributed by atoms with van der Waals surface area (Å²) < 4.78 is 29.0. The molecule has 3 aromatic carbocycles. The number of aryl methyl sites for hydroxylation is 1. The van der Waals surface area contributed by atoms with E-state index in [0.717, 1.165) is 29.5 Å². The monoisotopic (exact) mass is 377 g/mol. The van der Waals surface area contributed by atoms with E-state index in [1.54, 1.807) is 16.4 Å². The van der Waals surface area contributed by atoms with Gasteiger partial charge >= 0.3 is 0 Å². The van der Waals surface area contributed by atoms with Crippen molar-refractivity contribution >= 4 is 10.0 Å². The average Bonchev–Trinajstić information content (AvgIpc) is 3.16. The summed E-state index contributed by atoms with van der Waals surface area (Å²) in [5.74, 6) is 0. The zero-order valence-corrected chi connectivity index (χ0v) is 16.1. The Kier molecular flexibility index (Phi) is 4.85. The molecule has 3 aromatic rings. The second kappa shape index (κ2) is 7.29. The molecule has 4 rings (SSSR count). The van der Waals surface area contributed by atoms with Crippen LogP contribution < -0.4 is 0 Å². The molecule has 0 bridgehead atoms. The Labute approximate surface area is 161 Å². The Balaban J connectivity index is 1.82. The van der Waals surface area contributed by atoms with Crippen LogP contribution in [0.5, 0.6) is 0 Å². The fourth-order valence-corrected chi connectivity index (χ4v) is 5.78. The van der Waals surface area contributed by atoms with Crippen LogP contribution in [0.2, 0.25) is 0 Å². The standard InChI is InChI=1S/C23H23NO2S/c1-18-12-14-21(15-13-18)27(25,26)24-22(19-8-4-2-5-9-19)16-17-23(24)20-10-6-3-7-11-20/h2-15,22-23H,16-17H2,1H3/t22-,23-/m1/s1. The van der Waals surface area contributed by atoms with E-state index in [4.69, 9.17) is 0 Å². The van der Waals surface area contributed by atoms with Crippen molar-refractivity contribution in [3.05, 3.63) is 102 Å². The van der Waals surface area contributed by atoms with Gasteiger partial charge in [0.05, 0.1) is 17.0 Å². The third-order valence-electron chi connectivity index (χ3n) is 5.29. The van der Waals surface area contributed by atoms with Crippen molar-refractivity contribution in [2.45, 2.75) is 36.7 Å². The van der Waals surface area contributed by atoms with E-state index >= 15 is 0 Å². The predicted molar refractivity (Wildman–Crippen MR) is 108 cm³/mol. The van der Waals surface area contributed by atoms with Crippen molar-refractivity contribution in [2.24, 2.45) is 0 Å². The van der Waals surface area contributed by atoms with Gasteiger partial charge in [-0.15, -0.1) is 0 Å². The van der Waals surface area contributed by atoms with Gasteiger partial charge in [-0.25, -0.2) is 8.42 Å². The highest BCUT2D eigenvalue weighted by Crippen LogP contribution is 2.47. The third kappa shape index (κ3) is 3.43. The van der Waals surface area contributed by atoms with Crippen LogP contribution in [0.15, 0.2) is 89.8 Å². The van der Waals surface area contributed by atoms with Crippen LogP contribution in [0.3, 0.4) is 0 Å². The number of sulfonamides is 1. The van der Waals surface area contributed by atoms with Crippen LogP contribution in [-0.2, 0) is 10.0 Å². The van der Waals surface area contributed by atoms with E-state index in [0.29, 0.717) is 4.90 Å². The predicted octanol–water partition coefficient (Wildman–Crippen LogP) is 5.26. The summed E-state index contributed by atoms with van der Waals surface area (Å²) in [4.78, 5) is 0.358. The van der Waals surface area contributed by atoms with E-state index in [2.05, 4.69) is 0 Å². The average molecular weight is 378 g/mol. The van der Waals surface area contributed by atoms with Crippen LogP contribution in [0.1, 0.15) is 41.6 Å². The van der Waals surface area contributed by atoms with Gasteiger partial charge in [-0.2, -0.15) is 4.31 Å². The second-order valence-electron chi connectivity index (χ2n) is 7.08. The van der Waals surface area contributed by atoms with Crippen LogP contribution >= 0.6 is 0 Å². The summed E-state index contributed by atoms with van der Waals surface area (Å²) in [5.41, 5.74) is 3.15. The Morgan fingerprint density at radius 3 is 1.59 bits per heavy atom. The van der Waals surface area contributed by atoms with Gasteiger partial charge < -0.3 is 0 Å². The molecule has 1 aliphatic heterocycles. The molecule has 138 valence electrons. The largest absolute Gasteiger partial charge is 0.244 e. The summed E-state index contributed by atoms with van der Waals surface area (Å²) in [7, 11) is -3.62. The molecule has 4 heteroatoms. The van der Waals surface area contributed by atoms with Gasteiger partial charge in [0.1, 0.15) is 0 Å². The van der Waals surface area contributed by atoms with Gasteiger partial charge in [0.25, 0.3) is 0 Å². The van der Waals surface area contributed by atoms with Crippen molar-refractivity contribution in [3.63, 3.8) is 0 Å². The molecule has 27 heavy (non-hydrogen) atoms. The first-order valence-electron chi connectivity index (χ1n) is 9.27. The van der Waals surface area contributed by atoms with Crippen molar-refractivity contribution in [3.8, 4) is 0 Å². The van der Waals surface area contributed by atoms with Gasteiger partial charge in [0, 0.05) is 0 Å². The molecule has 0 aliphatic carbocycles. The van der Waals surface area contributed by atoms with Crippen molar-refractivity contribution in [1.29, 1.82) is 0 Å². The summed E-state index contributed by atoms with van der Waals surface area (Å²) in [6, 6.07) is 26.8. The molecule has 1 heterocycles. The van der Waals surface area contributed by atoms with Crippen molar-refractivity contribution in [2.75, 3.05) is 0 Å². The first kappa shape index (κ1) is 18.0. The minimum atomic E-state index is -3.62. The Hall–Kier alpha value is -2.43. The SMILES string of the molecule is Cc1ccc(S(=O)(=O)N2[C@@H](c3ccccc3)CC[C@@H]2c2ccccc2)cc1. The maximum absolute atomic E-state index is 13.6. The van der Waals surface area contributed by atoms with Crippen LogP contribution in [0.25, 0.3) is 0 Å². The quantitative estimate of drug-likeness (QED) is 0.622. The minimum Gasteiger partial charge on any atom is -0.207 e. The molecule has 0 spiro atoms. The maximum Gasteiger partial charge on any atom is 0.244 e. The lowest BCUT2D eigenvalue weighted by molar-refractivity contribution is 0.330. The summed E-state index contributed by atoms with van der Waals surface area (Å²) in [6.45, 7) is 1.96. The number of nitrogens with zero attached hydrogens (tertiary/aromatic N) is 1. The van der Waals surface area contributed by atoms with Gasteiger partial charge in [-0.05, 0) is 43.0 Å². The lowest BCUT2D eigenvalue weighted by atomic mass is 10.0. The van der Waals surface area contributed by atoms with Crippen LogP contribution in [0, 0.1) is 6.92 Å². The number of benzene rings is 3. The third-order valence-corrected chi connectivity index (χ3v) is 7.22. The van der Waals surface area contributed by atoms with Gasteiger partial charge in [-0.3, -0.25) is 0 Å². The highest BCUT2D eigenvalue weighted by Gasteiger charge is 2.43. The Bertz CT molecular complexity index is 952. The lowest BCUT2D eigenvalue weighted by Gasteiger charge is -2.30. The molecule has 3 nitrogen and oxygen atoms in total. The van der Waals surface area contributed by atoms with E-state index in [9.17, 15) is 8.42 Å². The first-order chi connectivity index (χ1) is 13.1. The molecule has 0 amide bonds. The van der Waals surface area contributed by atoms with Crippen LogP contribution in [-0.4, -0.2) is 12.7 Å². The molecule has 0 saturated carbocycles. The van der Waals surface area contributed by atoms with Crippen molar-refractivity contribution in [1.82, 2.24) is 4.31 Å². The number of rotatable bonds is 4. The highest BCUT2D eigenvalue weighted by molar-refractivity contribution is 7.89. The fraction of sp³-hybridized carbons (Fsp3) is 0.217. The highest BCUT2D eigenvalue weighted by atomic mass is 32.2. The summed E-state index contributed by atoms with van der Waals surface area (Å²) in [5, 5.41) is 0. The molecular weight excluding hydrogens is 354 g/mol. The lowest BCUT2D eigenvalue weighted by Crippen LogP contribution is -2.33. The molecule has 0 unspecified atom stereocenters. The minimum absolute atomic E-state index is 0.150. The normalized spacial score (nSPS) is 20.6. The summed E-state index contributed by atoms with van der Waals surface area (Å²) >= 11 is 0. The second-order valence-corrected chi connectivity index (χ2v) is 8.92. The van der Waals surface area contributed by atoms with E-state index in [1.807, 2.05) is 79.7 Å². The Morgan fingerprint density at radius 2 is 1.15 bits per heavy atom. The molecule has 2 atom stereocenters. The molecular formula is C23H23NO2S. The number of hydrogen-bond donors (Lipinski definition) is 0. The maximum atomic E-state index is 13.6. The van der Waals surface area contributed by atoms with Crippen LogP contribution in [0.4, 0.5) is 0 Å². The topological polar surface area (TPSA) is 37.4 Å². The summed E-state index contributed by atoms with van der Waals surface area (Å²) in [6.07, 6.45) is 1.63. The zero-order valence-electron chi connectivity index (χ0n) is 15.3. The fourth-order valence-electron chi connectivity index (χ4n) is 3.93. The molecule has 1 aliphatic rings. The molecule has 0 aromatic heterocycles. The van der Waals surface area contributed by atoms with Gasteiger partial charge in [0.2, 0.25) is 10.0 Å². The molecule has 0 radical (unpaired) electrons. The van der Waals surface area contributed by atoms with E-state index in [1.165, 1.54) is 0 Å². The van der Waals surface area contributed by atoms with E-state index in [-0.39, 0.29) is 12.1 Å². The molecule has 1 fully saturated rings. The molecule has 1 saturated heterocycles. The smallest absolute Gasteiger partial charge is 0.207 e. The Morgan fingerprint density at radius 1 is 0.704 bits per heavy atom. The van der Waals surface area contributed by atoms with Gasteiger partial charge in [0.15, 0.2) is 0 Å². The van der Waals surface area contributed by atoms with E-state index < -0.39 is 10.0 Å². The molecule has 0 N–H and O–H groups in total. The zero-order chi connectivity index (χ0) is 18.9. The first-order valence-corrected chi connectivity index (χ1v) is 10.7. The van der Waals surface area contributed by atoms with Crippen molar-refractivity contribution < 1.29 is 8.42 Å². The van der Waals surface area contributed by atoms with Gasteiger partial charge in [-0.1, -0.05) is 78.4 Å². The number of hydrogen-bond acceptors (Lipinski definition) is 2.